The number of aromatic amines is 1. The lowest BCUT2D eigenvalue weighted by Crippen LogP contribution is -2.63. The number of aromatic nitrogens is 1. The molecule has 0 aliphatic carbocycles. The van der Waals surface area contributed by atoms with E-state index < -0.39 is 6.04 Å². The molecule has 2 atom stereocenters. The molecular weight excluding hydrogens is 446 g/mol. The number of rotatable bonds is 7. The fourth-order valence-electron chi connectivity index (χ4n) is 6.00. The molecule has 182 valence electrons. The second-order valence-electron chi connectivity index (χ2n) is 9.97. The van der Waals surface area contributed by atoms with E-state index in [9.17, 15) is 9.59 Å². The normalized spacial score (nSPS) is 19.4. The summed E-state index contributed by atoms with van der Waals surface area (Å²) in [4.78, 5) is 34.6. The molecule has 1 fully saturated rings. The molecule has 2 amide bonds. The predicted octanol–water partition coefficient (Wildman–Crippen LogP) is 5.07. The lowest BCUT2D eigenvalue weighted by molar-refractivity contribution is -0.159. The molecule has 0 radical (unpaired) electrons. The fraction of sp³-hybridized carbons (Fsp3) is 0.290. The molecule has 1 saturated heterocycles. The molecule has 5 heteroatoms. The van der Waals surface area contributed by atoms with Crippen LogP contribution in [0.25, 0.3) is 10.9 Å². The topological polar surface area (TPSA) is 56.4 Å². The number of carbonyl (C=O) groups is 2. The van der Waals surface area contributed by atoms with E-state index in [-0.39, 0.29) is 24.4 Å². The number of aryl methyl sites for hydroxylation is 2. The van der Waals surface area contributed by atoms with Crippen molar-refractivity contribution >= 4 is 22.7 Å². The van der Waals surface area contributed by atoms with Crippen molar-refractivity contribution in [2.24, 2.45) is 0 Å². The van der Waals surface area contributed by atoms with E-state index in [1.807, 2.05) is 41.3 Å². The van der Waals surface area contributed by atoms with Crippen molar-refractivity contribution in [3.8, 4) is 0 Å². The highest BCUT2D eigenvalue weighted by atomic mass is 16.2. The van der Waals surface area contributed by atoms with E-state index in [1.165, 1.54) is 22.1 Å². The van der Waals surface area contributed by atoms with Gasteiger partial charge in [0.05, 0.1) is 12.6 Å². The minimum Gasteiger partial charge on any atom is -0.356 e. The van der Waals surface area contributed by atoms with Crippen LogP contribution in [0.15, 0.2) is 84.9 Å². The van der Waals surface area contributed by atoms with Gasteiger partial charge in [-0.2, -0.15) is 0 Å². The predicted molar refractivity (Wildman–Crippen MR) is 141 cm³/mol. The van der Waals surface area contributed by atoms with Gasteiger partial charge in [-0.1, -0.05) is 78.9 Å². The van der Waals surface area contributed by atoms with Gasteiger partial charge in [0.2, 0.25) is 11.8 Å². The van der Waals surface area contributed by atoms with Crippen LogP contribution in [0.1, 0.15) is 41.3 Å². The third-order valence-corrected chi connectivity index (χ3v) is 7.75. The Bertz CT molecular complexity index is 1380. The van der Waals surface area contributed by atoms with Crippen LogP contribution in [0, 0.1) is 0 Å². The van der Waals surface area contributed by atoms with E-state index in [4.69, 9.17) is 0 Å². The summed E-state index contributed by atoms with van der Waals surface area (Å²) in [5.41, 5.74) is 5.87. The number of amides is 2. The molecule has 1 N–H and O–H groups in total. The lowest BCUT2D eigenvalue weighted by atomic mass is 9.86. The van der Waals surface area contributed by atoms with Crippen molar-refractivity contribution in [3.05, 3.63) is 107 Å². The summed E-state index contributed by atoms with van der Waals surface area (Å²) in [5.74, 6) is 0.144. The van der Waals surface area contributed by atoms with Crippen molar-refractivity contribution in [1.29, 1.82) is 0 Å². The lowest BCUT2D eigenvalue weighted by Gasteiger charge is -2.47. The van der Waals surface area contributed by atoms with Crippen LogP contribution >= 0.6 is 0 Å². The summed E-state index contributed by atoms with van der Waals surface area (Å²) < 4.78 is 0. The molecule has 0 spiro atoms. The van der Waals surface area contributed by atoms with Crippen LogP contribution in [-0.2, 0) is 28.9 Å². The highest BCUT2D eigenvalue weighted by Gasteiger charge is 2.47. The Morgan fingerprint density at radius 1 is 0.806 bits per heavy atom. The van der Waals surface area contributed by atoms with Gasteiger partial charge >= 0.3 is 0 Å². The van der Waals surface area contributed by atoms with Crippen LogP contribution < -0.4 is 0 Å². The summed E-state index contributed by atoms with van der Waals surface area (Å²) in [6, 6.07) is 28.4. The largest absolute Gasteiger partial charge is 0.356 e. The Hall–Kier alpha value is -3.86. The highest BCUT2D eigenvalue weighted by Crippen LogP contribution is 2.41. The first-order chi connectivity index (χ1) is 17.7. The van der Waals surface area contributed by atoms with E-state index >= 15 is 0 Å². The van der Waals surface area contributed by atoms with Gasteiger partial charge in [0.1, 0.15) is 6.04 Å². The molecule has 2 aliphatic rings. The van der Waals surface area contributed by atoms with E-state index in [0.29, 0.717) is 13.0 Å². The zero-order valence-corrected chi connectivity index (χ0v) is 20.4. The summed E-state index contributed by atoms with van der Waals surface area (Å²) in [7, 11) is 0. The van der Waals surface area contributed by atoms with Gasteiger partial charge < -0.3 is 14.8 Å². The first-order valence-electron chi connectivity index (χ1n) is 13.0. The number of piperazine rings is 1. The van der Waals surface area contributed by atoms with Gasteiger partial charge in [-0.3, -0.25) is 9.59 Å². The minimum absolute atomic E-state index is 0.0571. The van der Waals surface area contributed by atoms with E-state index in [2.05, 4.69) is 53.5 Å². The van der Waals surface area contributed by atoms with E-state index in [1.54, 1.807) is 4.90 Å². The Kier molecular flexibility index (Phi) is 6.06. The quantitative estimate of drug-likeness (QED) is 0.404. The van der Waals surface area contributed by atoms with Crippen molar-refractivity contribution in [3.63, 3.8) is 0 Å². The zero-order valence-electron chi connectivity index (χ0n) is 20.4. The maximum Gasteiger partial charge on any atom is 0.246 e. The molecule has 4 aromatic rings. The van der Waals surface area contributed by atoms with Gasteiger partial charge in [0.25, 0.3) is 0 Å². The molecule has 0 saturated carbocycles. The Morgan fingerprint density at radius 2 is 1.47 bits per heavy atom. The van der Waals surface area contributed by atoms with Gasteiger partial charge in [0.15, 0.2) is 0 Å². The van der Waals surface area contributed by atoms with Gasteiger partial charge in [0, 0.05) is 29.6 Å². The van der Waals surface area contributed by atoms with Crippen LogP contribution in [0.4, 0.5) is 0 Å². The standard InChI is InChI=1S/C31H31N3O2/c35-29-21-33(19-9-14-22-10-3-1-4-11-22)31(36)28-20-25-24-15-7-8-16-26(24)32-30(25)27(34(28)29)18-17-23-12-5-2-6-13-23/h1-8,10-13,15-16,27-28,32H,9,14,17-21H2/t27-,28+/m1/s1. The summed E-state index contributed by atoms with van der Waals surface area (Å²) in [6.45, 7) is 0.779. The number of benzene rings is 3. The zero-order chi connectivity index (χ0) is 24.5. The van der Waals surface area contributed by atoms with Gasteiger partial charge in [-0.05, 0) is 48.4 Å². The number of nitrogens with one attached hydrogen (secondary N) is 1. The molecule has 3 heterocycles. The second-order valence-corrected chi connectivity index (χ2v) is 9.97. The average Bonchev–Trinajstić information content (AvgIpc) is 3.29. The molecule has 3 aromatic carbocycles. The third-order valence-electron chi connectivity index (χ3n) is 7.75. The molecule has 0 bridgehead atoms. The number of H-pyrrole nitrogens is 1. The first kappa shape index (κ1) is 22.6. The van der Waals surface area contributed by atoms with Crippen LogP contribution in [0.2, 0.25) is 0 Å². The summed E-state index contributed by atoms with van der Waals surface area (Å²) in [6.07, 6.45) is 3.96. The highest BCUT2D eigenvalue weighted by molar-refractivity contribution is 5.97. The number of carbonyl (C=O) groups excluding carboxylic acids is 2. The Balaban J connectivity index is 1.27. The fourth-order valence-corrected chi connectivity index (χ4v) is 6.00. The van der Waals surface area contributed by atoms with Crippen LogP contribution in [0.5, 0.6) is 0 Å². The number of para-hydroxylation sites is 1. The van der Waals surface area contributed by atoms with Crippen molar-refractivity contribution < 1.29 is 9.59 Å². The van der Waals surface area contributed by atoms with Crippen molar-refractivity contribution in [2.45, 2.75) is 44.2 Å². The van der Waals surface area contributed by atoms with Gasteiger partial charge in [-0.25, -0.2) is 0 Å². The smallest absolute Gasteiger partial charge is 0.246 e. The average molecular weight is 478 g/mol. The molecule has 1 aromatic heterocycles. The molecule has 0 unspecified atom stereocenters. The maximum absolute atomic E-state index is 13.8. The van der Waals surface area contributed by atoms with Gasteiger partial charge in [-0.15, -0.1) is 0 Å². The number of hydrogen-bond donors (Lipinski definition) is 1. The van der Waals surface area contributed by atoms with E-state index in [0.717, 1.165) is 36.9 Å². The molecule has 6 rings (SSSR count). The molecule has 2 aliphatic heterocycles. The number of nitrogens with zero attached hydrogens (tertiary/aromatic N) is 2. The Labute approximate surface area is 211 Å². The monoisotopic (exact) mass is 477 g/mol. The molecular formula is C31H31N3O2. The SMILES string of the molecule is O=C1[C@@H]2Cc3c([nH]c4ccccc34)[C@@H](CCc3ccccc3)N2C(=O)CN1CCCc1ccccc1. The first-order valence-corrected chi connectivity index (χ1v) is 13.0. The maximum atomic E-state index is 13.8. The van der Waals surface area contributed by atoms with Crippen molar-refractivity contribution in [1.82, 2.24) is 14.8 Å². The summed E-state index contributed by atoms with van der Waals surface area (Å²) in [5, 5.41) is 1.17. The van der Waals surface area contributed by atoms with Crippen molar-refractivity contribution in [2.75, 3.05) is 13.1 Å². The number of hydrogen-bond acceptors (Lipinski definition) is 2. The third kappa shape index (κ3) is 4.19. The Morgan fingerprint density at radius 3 is 2.22 bits per heavy atom. The summed E-state index contributed by atoms with van der Waals surface area (Å²) >= 11 is 0. The van der Waals surface area contributed by atoms with Crippen LogP contribution in [0.3, 0.4) is 0 Å². The number of fused-ring (bicyclic) bond motifs is 4. The van der Waals surface area contributed by atoms with Crippen LogP contribution in [-0.4, -0.2) is 45.7 Å². The second kappa shape index (κ2) is 9.65. The molecule has 5 nitrogen and oxygen atoms in total. The molecule has 36 heavy (non-hydrogen) atoms. The minimum atomic E-state index is -0.435.